The number of nitrogens with zero attached hydrogens (tertiary/aromatic N) is 11. The van der Waals surface area contributed by atoms with Gasteiger partial charge in [-0.15, -0.1) is 0 Å². The first kappa shape index (κ1) is 87.8. The van der Waals surface area contributed by atoms with Gasteiger partial charge in [-0.1, -0.05) is 150 Å². The second-order valence-corrected chi connectivity index (χ2v) is 22.9. The second-order valence-electron chi connectivity index (χ2n) is 20.2. The number of pyridine rings is 6. The molecule has 3 fully saturated rings. The molecular formula is C61H68Cl7N11O2SUVWY. The quantitative estimate of drug-likeness (QED) is 0.0832. The molecule has 0 aliphatic heterocycles. The van der Waals surface area contributed by atoms with Crippen LogP contribution in [0.15, 0.2) is 109 Å². The van der Waals surface area contributed by atoms with Crippen molar-refractivity contribution in [3.05, 3.63) is 185 Å². The van der Waals surface area contributed by atoms with Crippen molar-refractivity contribution < 1.29 is 114 Å². The monoisotopic (exact) mass is 1830 g/mol. The number of esters is 1. The van der Waals surface area contributed by atoms with Crippen molar-refractivity contribution >= 4 is 101 Å². The standard InChI is InChI=1S/C12H13ClN2.C11H11ClN2.C11H14ClNO2.C9H7ClN2.C9H9ClN2.C5H3Cl2N.C4H7N.H2S.U.V.W.Y.H2/c13-11-6-4-5-10(15-11)12(9-14)7-2-1-3-8-12;12-10-5-3-4-9(14-10)11(8-13)6-1-2-7-11;1-4-15-10(14)11(2,3)8-6-5-7-9(12)13-8;10-8-3-1-2-7(12-8)9(6-11)4-5-9;1-9(2,6-11)7-4-3-5-8(10)12-7;6-4-2-1-3-5(7)8-4;1-4(2)5-3;;;;;;/h4-6H,1-3,7-8H2;3-5H,1-2,6-7H2;5-7H,4H2,1-3H3;1-3H,4-5H2;3-5H,1-2H3;1-3H;4H,1-2H3;1H2;;;;;1H/i;;;;;;;;;;;;1+2. The van der Waals surface area contributed by atoms with Crippen molar-refractivity contribution in [2.24, 2.45) is 0 Å². The minimum atomic E-state index is -0.763. The summed E-state index contributed by atoms with van der Waals surface area (Å²) >= 11 is 39.8. The van der Waals surface area contributed by atoms with Crippen LogP contribution in [0.4, 0.5) is 0 Å². The first-order chi connectivity index (χ1) is 38.4. The van der Waals surface area contributed by atoms with Gasteiger partial charge in [0.25, 0.3) is 0 Å². The SMILES string of the molecule is CC(C)(C#N)c1cccc(Cl)n1.CCOC(=O)C(C)(C)c1cccc(Cl)n1.Clc1cccc(Cl)n1.N#CC1(c2cccc(Cl)n2)CC1.N#CC1(c2cccc(Cl)n2)CCCC1.N#CC1(c2cccc(Cl)n2)CCCCC1.S.[3HH].[C-]#[N+]C(C)C.[U].[V].[W].[Y]. The molecule has 0 amide bonds. The van der Waals surface area contributed by atoms with Gasteiger partial charge in [0.2, 0.25) is 6.04 Å². The number of hydrogen-bond acceptors (Lipinski definition) is 12. The number of rotatable bonds is 7. The molecule has 6 aromatic rings. The van der Waals surface area contributed by atoms with Gasteiger partial charge in [-0.25, -0.2) is 36.5 Å². The van der Waals surface area contributed by atoms with Crippen molar-refractivity contribution in [2.45, 2.75) is 152 Å². The van der Waals surface area contributed by atoms with Crippen LogP contribution in [-0.4, -0.2) is 48.5 Å². The molecule has 452 valence electrons. The van der Waals surface area contributed by atoms with Crippen molar-refractivity contribution in [1.29, 1.82) is 21.0 Å². The van der Waals surface area contributed by atoms with Crippen LogP contribution in [0.25, 0.3) is 4.85 Å². The Morgan fingerprint density at radius 2 is 0.837 bits per heavy atom. The fraction of sp³-hybridized carbons (Fsp3) is 0.410. The molecule has 0 atom stereocenters. The van der Waals surface area contributed by atoms with Crippen LogP contribution < -0.4 is 0 Å². The van der Waals surface area contributed by atoms with E-state index in [9.17, 15) is 15.3 Å². The number of nitriles is 4. The van der Waals surface area contributed by atoms with Gasteiger partial charge in [0.15, 0.2) is 0 Å². The van der Waals surface area contributed by atoms with Crippen LogP contribution in [0.5, 0.6) is 0 Å². The molecule has 86 heavy (non-hydrogen) atoms. The van der Waals surface area contributed by atoms with E-state index in [1.165, 1.54) is 6.42 Å². The summed E-state index contributed by atoms with van der Waals surface area (Å²) in [5.74, 6) is -0.292. The largest absolute Gasteiger partial charge is 0.465 e. The topological polar surface area (TPSA) is 203 Å². The molecule has 6 heterocycles. The van der Waals surface area contributed by atoms with Crippen LogP contribution in [0.3, 0.4) is 0 Å². The molecule has 3 aliphatic rings. The Morgan fingerprint density at radius 1 is 0.558 bits per heavy atom. The normalized spacial score (nSPS) is 13.8. The maximum absolute atomic E-state index is 11.7. The molecular weight excluding hydrogens is 1760 g/mol. The van der Waals surface area contributed by atoms with E-state index in [0.717, 1.165) is 81.3 Å². The summed E-state index contributed by atoms with van der Waals surface area (Å²) in [7, 11) is 0. The van der Waals surface area contributed by atoms with Crippen molar-refractivity contribution in [2.75, 3.05) is 6.61 Å². The summed E-state index contributed by atoms with van der Waals surface area (Å²) in [4.78, 5) is 39.3. The Hall–Kier alpha value is -2.37. The number of aromatic nitrogens is 6. The second kappa shape index (κ2) is 44.2. The summed E-state index contributed by atoms with van der Waals surface area (Å²) in [5.41, 5.74) is 1.43. The average Bonchev–Trinajstić information content (AvgIpc) is 4.22. The fourth-order valence-corrected chi connectivity index (χ4v) is 9.12. The number of ether oxygens (including phenoxy) is 1. The molecule has 13 nitrogen and oxygen atoms in total. The van der Waals surface area contributed by atoms with Gasteiger partial charge in [-0.2, -0.15) is 34.5 Å². The van der Waals surface area contributed by atoms with E-state index >= 15 is 0 Å². The summed E-state index contributed by atoms with van der Waals surface area (Å²) in [6.07, 6.45) is 11.2. The van der Waals surface area contributed by atoms with Gasteiger partial charge in [-0.05, 0) is 146 Å². The Bertz CT molecular complexity index is 3170. The first-order valence-electron chi connectivity index (χ1n) is 26.0. The minimum Gasteiger partial charge on any atom is -0.465 e. The molecule has 25 heteroatoms. The maximum Gasteiger partial charge on any atom is 0.317 e. The first-order valence-corrected chi connectivity index (χ1v) is 28.7. The third-order valence-electron chi connectivity index (χ3n) is 12.9. The fourth-order valence-electron chi connectivity index (χ4n) is 7.93. The maximum atomic E-state index is 11.7. The molecule has 9 rings (SSSR count). The summed E-state index contributed by atoms with van der Waals surface area (Å²) in [5, 5.41) is 39.3. The molecule has 3 aliphatic carbocycles. The van der Waals surface area contributed by atoms with Crippen LogP contribution in [0.1, 0.15) is 149 Å². The Kier molecular flexibility index (Phi) is 45.1. The van der Waals surface area contributed by atoms with Crippen LogP contribution in [0, 0.1) is 83.0 Å². The van der Waals surface area contributed by atoms with Gasteiger partial charge >= 0.3 is 5.97 Å². The molecule has 2 radical (unpaired) electrons. The Labute approximate surface area is 626 Å². The predicted octanol–water partition coefficient (Wildman–Crippen LogP) is 18.0. The van der Waals surface area contributed by atoms with Gasteiger partial charge in [0.1, 0.15) is 41.5 Å². The molecule has 0 N–H and O–H groups in total. The number of halogens is 7. The summed E-state index contributed by atoms with van der Waals surface area (Å²) < 4.78 is 4.98. The molecule has 0 spiro atoms. The van der Waals surface area contributed by atoms with Gasteiger partial charge in [-0.3, -0.25) is 4.79 Å². The zero-order valence-corrected chi connectivity index (χ0v) is 66.4. The summed E-state index contributed by atoms with van der Waals surface area (Å²) in [6, 6.07) is 41.5. The predicted molar refractivity (Wildman–Crippen MR) is 336 cm³/mol. The Balaban J connectivity index is -0.000000465. The molecule has 0 aromatic carbocycles. The number of carbonyl (C=O) groups excluding carboxylic acids is 1. The van der Waals surface area contributed by atoms with Crippen molar-refractivity contribution in [3.8, 4) is 24.3 Å². The summed E-state index contributed by atoms with van der Waals surface area (Å²) in [6.45, 7) is 19.3. The van der Waals surface area contributed by atoms with Crippen LogP contribution in [-0.2, 0) is 109 Å². The van der Waals surface area contributed by atoms with Crippen molar-refractivity contribution in [1.82, 2.24) is 29.9 Å². The molecule has 0 bridgehead atoms. The van der Waals surface area contributed by atoms with Crippen molar-refractivity contribution in [3.63, 3.8) is 0 Å². The smallest absolute Gasteiger partial charge is 0.317 e. The van der Waals surface area contributed by atoms with Gasteiger partial charge in [0.05, 0.1) is 81.0 Å². The number of hydrogen-bond donors (Lipinski definition) is 0. The van der Waals surface area contributed by atoms with E-state index in [-0.39, 0.29) is 147 Å². The van der Waals surface area contributed by atoms with E-state index in [0.29, 0.717) is 54.1 Å². The van der Waals surface area contributed by atoms with Crippen LogP contribution in [0.2, 0.25) is 36.1 Å². The zero-order chi connectivity index (χ0) is 60.3. The van der Waals surface area contributed by atoms with Gasteiger partial charge in [0, 0.05) is 119 Å². The average molecular weight is 1830 g/mol. The third-order valence-corrected chi connectivity index (χ3v) is 14.4. The number of carbonyl (C=O) groups is 1. The molecule has 3 saturated carbocycles. The van der Waals surface area contributed by atoms with E-state index in [1.54, 1.807) is 93.6 Å². The zero-order valence-electron chi connectivity index (χ0n) is 48.8. The molecule has 6 aromatic heterocycles. The van der Waals surface area contributed by atoms with Gasteiger partial charge < -0.3 is 9.58 Å². The van der Waals surface area contributed by atoms with E-state index in [1.807, 2.05) is 64.1 Å². The molecule has 0 saturated heterocycles. The Morgan fingerprint density at radius 3 is 1.10 bits per heavy atom. The van der Waals surface area contributed by atoms with E-state index < -0.39 is 10.8 Å². The van der Waals surface area contributed by atoms with Crippen LogP contribution >= 0.6 is 94.7 Å². The molecule has 0 unspecified atom stereocenters. The minimum absolute atomic E-state index is 0. The van der Waals surface area contributed by atoms with E-state index in [4.69, 9.17) is 103 Å². The van der Waals surface area contributed by atoms with E-state index in [2.05, 4.69) is 59.0 Å². The third kappa shape index (κ3) is 29.3.